The SMILES string of the molecule is Cc1cnc(O[CH2][Pb])c(N)c1. The van der Waals surface area contributed by atoms with Gasteiger partial charge in [-0.2, -0.15) is 0 Å². The Morgan fingerprint density at radius 1 is 1.73 bits per heavy atom. The van der Waals surface area contributed by atoms with Gasteiger partial charge in [0.15, 0.2) is 0 Å². The maximum absolute atomic E-state index is 5.64. The topological polar surface area (TPSA) is 48.1 Å². The third-order valence-corrected chi connectivity index (χ3v) is 1.79. The predicted molar refractivity (Wildman–Crippen MR) is 44.6 cm³/mol. The molecule has 3 radical (unpaired) electrons. The zero-order chi connectivity index (χ0) is 8.27. The average molecular weight is 344 g/mol. The van der Waals surface area contributed by atoms with Crippen molar-refractivity contribution < 1.29 is 4.74 Å². The number of aryl methyl sites for hydroxylation is 1. The van der Waals surface area contributed by atoms with Gasteiger partial charge in [0.2, 0.25) is 0 Å². The van der Waals surface area contributed by atoms with Crippen LogP contribution in [0.3, 0.4) is 0 Å². The second kappa shape index (κ2) is 3.89. The van der Waals surface area contributed by atoms with Gasteiger partial charge in [0.1, 0.15) is 0 Å². The number of nitrogens with two attached hydrogens (primary N) is 1. The van der Waals surface area contributed by atoms with E-state index in [1.807, 2.05) is 13.0 Å². The molecule has 57 valence electrons. The van der Waals surface area contributed by atoms with E-state index in [-0.39, 0.29) is 0 Å². The molecular weight excluding hydrogens is 335 g/mol. The fourth-order valence-electron chi connectivity index (χ4n) is 0.768. The van der Waals surface area contributed by atoms with Crippen molar-refractivity contribution in [2.24, 2.45) is 0 Å². The molecule has 0 aliphatic carbocycles. The third-order valence-electron chi connectivity index (χ3n) is 1.22. The van der Waals surface area contributed by atoms with E-state index in [9.17, 15) is 0 Å². The molecular formula is C7H9N2OPb. The van der Waals surface area contributed by atoms with E-state index >= 15 is 0 Å². The molecule has 3 nitrogen and oxygen atoms in total. The molecule has 4 heteroatoms. The number of aromatic nitrogens is 1. The molecule has 0 aromatic carbocycles. The number of hydrogen-bond donors (Lipinski definition) is 1. The predicted octanol–water partition coefficient (Wildman–Crippen LogP) is 0.477. The van der Waals surface area contributed by atoms with Crippen molar-refractivity contribution in [3.05, 3.63) is 17.8 Å². The van der Waals surface area contributed by atoms with Gasteiger partial charge in [0, 0.05) is 0 Å². The van der Waals surface area contributed by atoms with E-state index in [1.54, 1.807) is 6.20 Å². The number of nitrogens with zero attached hydrogens (tertiary/aromatic N) is 1. The van der Waals surface area contributed by atoms with Gasteiger partial charge in [0.25, 0.3) is 0 Å². The molecule has 0 unspecified atom stereocenters. The molecule has 0 fully saturated rings. The van der Waals surface area contributed by atoms with Crippen LogP contribution in [0.4, 0.5) is 5.69 Å². The Bertz CT molecular complexity index is 252. The maximum atomic E-state index is 5.64. The Kier molecular flexibility index (Phi) is 3.10. The summed E-state index contributed by atoms with van der Waals surface area (Å²) in [5.41, 5.74) is 7.32. The van der Waals surface area contributed by atoms with E-state index in [0.29, 0.717) is 11.6 Å². The molecule has 0 aliphatic rings. The second-order valence-corrected chi connectivity index (χ2v) is 3.32. The van der Waals surface area contributed by atoms with Crippen molar-refractivity contribution in [3.8, 4) is 5.88 Å². The van der Waals surface area contributed by atoms with Gasteiger partial charge in [-0.25, -0.2) is 0 Å². The van der Waals surface area contributed by atoms with Crippen molar-refractivity contribution in [2.45, 2.75) is 6.92 Å². The van der Waals surface area contributed by atoms with Crippen molar-refractivity contribution in [3.63, 3.8) is 0 Å². The Morgan fingerprint density at radius 3 is 3.00 bits per heavy atom. The average Bonchev–Trinajstić information content (AvgIpc) is 1.95. The van der Waals surface area contributed by atoms with Crippen molar-refractivity contribution in [1.29, 1.82) is 0 Å². The van der Waals surface area contributed by atoms with Crippen LogP contribution in [-0.4, -0.2) is 34.9 Å². The minimum absolute atomic E-state index is 0.561. The molecule has 0 spiro atoms. The fraction of sp³-hybridized carbons (Fsp3) is 0.286. The van der Waals surface area contributed by atoms with Crippen molar-refractivity contribution in [1.82, 2.24) is 4.98 Å². The second-order valence-electron chi connectivity index (χ2n) is 2.20. The Balaban J connectivity index is 2.90. The molecule has 1 aromatic rings. The monoisotopic (exact) mass is 345 g/mol. The number of nitrogen functional groups attached to an aromatic ring is 1. The molecule has 0 aliphatic heterocycles. The van der Waals surface area contributed by atoms with Gasteiger partial charge in [-0.15, -0.1) is 0 Å². The Morgan fingerprint density at radius 2 is 2.45 bits per heavy atom. The third kappa shape index (κ3) is 2.32. The van der Waals surface area contributed by atoms with Gasteiger partial charge >= 0.3 is 81.7 Å². The molecule has 0 saturated carbocycles. The molecule has 2 N–H and O–H groups in total. The molecule has 1 heterocycles. The van der Waals surface area contributed by atoms with E-state index in [1.165, 1.54) is 0 Å². The van der Waals surface area contributed by atoms with Crippen molar-refractivity contribution in [2.75, 3.05) is 9.90 Å². The zero-order valence-corrected chi connectivity index (χ0v) is 10.2. The first-order chi connectivity index (χ1) is 5.24. The van der Waals surface area contributed by atoms with E-state index in [4.69, 9.17) is 10.5 Å². The van der Waals surface area contributed by atoms with Crippen LogP contribution in [0.15, 0.2) is 12.3 Å². The molecule has 11 heavy (non-hydrogen) atoms. The first-order valence-electron chi connectivity index (χ1n) is 3.23. The van der Waals surface area contributed by atoms with E-state index < -0.39 is 0 Å². The van der Waals surface area contributed by atoms with Crippen molar-refractivity contribution >= 4 is 31.5 Å². The van der Waals surface area contributed by atoms with Crippen LogP contribution in [-0.2, 0) is 0 Å². The molecule has 1 aromatic heterocycles. The standard InChI is InChI=1S/C7H9N2O.Pb/c1-5-3-6(8)7(10-2)9-4-5;/h3-4H,2,8H2,1H3;. The summed E-state index contributed by atoms with van der Waals surface area (Å²) >= 11 is 1.00. The van der Waals surface area contributed by atoms with Gasteiger partial charge in [0.05, 0.1) is 0 Å². The fourth-order valence-corrected chi connectivity index (χ4v) is 1.30. The van der Waals surface area contributed by atoms with Gasteiger partial charge < -0.3 is 0 Å². The number of pyridine rings is 1. The van der Waals surface area contributed by atoms with Crippen LogP contribution in [0, 0.1) is 6.92 Å². The quantitative estimate of drug-likeness (QED) is 0.794. The number of ether oxygens (including phenoxy) is 1. The number of hydrogen-bond acceptors (Lipinski definition) is 3. The summed E-state index contributed by atoms with van der Waals surface area (Å²) < 4.78 is 5.95. The molecule has 0 saturated heterocycles. The summed E-state index contributed by atoms with van der Waals surface area (Å²) in [7, 11) is 0. The minimum atomic E-state index is 0.561. The number of rotatable bonds is 2. The first kappa shape index (κ1) is 8.77. The summed E-state index contributed by atoms with van der Waals surface area (Å²) in [6, 6.07) is 1.86. The normalized spacial score (nSPS) is 9.64. The Hall–Kier alpha value is -0.328. The molecule has 0 amide bonds. The zero-order valence-electron chi connectivity index (χ0n) is 6.29. The van der Waals surface area contributed by atoms with Crippen LogP contribution in [0.2, 0.25) is 0 Å². The summed E-state index contributed by atoms with van der Waals surface area (Å²) in [5.74, 6) is 0.561. The summed E-state index contributed by atoms with van der Waals surface area (Å²) in [6.45, 7) is 1.95. The van der Waals surface area contributed by atoms with Gasteiger partial charge in [-0.05, 0) is 0 Å². The summed E-state index contributed by atoms with van der Waals surface area (Å²) in [6.07, 6.45) is 1.75. The summed E-state index contributed by atoms with van der Waals surface area (Å²) in [4.78, 5) is 4.04. The molecule has 0 atom stereocenters. The van der Waals surface area contributed by atoms with Crippen LogP contribution >= 0.6 is 0 Å². The van der Waals surface area contributed by atoms with E-state index in [2.05, 4.69) is 4.98 Å². The number of anilines is 1. The Labute approximate surface area is 81.6 Å². The molecule has 0 bridgehead atoms. The van der Waals surface area contributed by atoms with E-state index in [0.717, 1.165) is 35.5 Å². The van der Waals surface area contributed by atoms with Crippen LogP contribution in [0.25, 0.3) is 0 Å². The first-order valence-corrected chi connectivity index (χ1v) is 5.98. The van der Waals surface area contributed by atoms with Gasteiger partial charge in [-0.1, -0.05) is 0 Å². The van der Waals surface area contributed by atoms with Crippen LogP contribution in [0.1, 0.15) is 5.56 Å². The van der Waals surface area contributed by atoms with Crippen LogP contribution in [0.5, 0.6) is 5.88 Å². The molecule has 1 rings (SSSR count). The summed E-state index contributed by atoms with van der Waals surface area (Å²) in [5, 5.41) is 0. The van der Waals surface area contributed by atoms with Crippen LogP contribution < -0.4 is 10.5 Å². The van der Waals surface area contributed by atoms with Gasteiger partial charge in [-0.3, -0.25) is 0 Å².